The summed E-state index contributed by atoms with van der Waals surface area (Å²) in [6, 6.07) is 9.62. The predicted molar refractivity (Wildman–Crippen MR) is 91.1 cm³/mol. The highest BCUT2D eigenvalue weighted by atomic mass is 35.5. The van der Waals surface area contributed by atoms with Gasteiger partial charge in [-0.15, -0.1) is 0 Å². The Morgan fingerprint density at radius 2 is 1.80 bits per heavy atom. The molecule has 0 unspecified atom stereocenters. The summed E-state index contributed by atoms with van der Waals surface area (Å²) in [5.41, 5.74) is -0.470. The van der Waals surface area contributed by atoms with Crippen LogP contribution in [-0.4, -0.2) is 11.9 Å². The Bertz CT molecular complexity index is 807. The number of hydrogen-bond acceptors (Lipinski definition) is 1. The molecule has 0 saturated heterocycles. The van der Waals surface area contributed by atoms with Crippen LogP contribution < -0.4 is 5.32 Å². The van der Waals surface area contributed by atoms with Crippen molar-refractivity contribution in [2.75, 3.05) is 0 Å². The first-order valence-electron chi connectivity index (χ1n) is 7.69. The Morgan fingerprint density at radius 1 is 1.08 bits per heavy atom. The molecule has 2 atom stereocenters. The summed E-state index contributed by atoms with van der Waals surface area (Å²) >= 11 is 12.1. The number of hydrogen-bond donors (Lipinski definition) is 1. The highest BCUT2D eigenvalue weighted by molar-refractivity contribution is 6.35. The second kappa shape index (κ2) is 6.89. The number of benzene rings is 2. The topological polar surface area (TPSA) is 29.1 Å². The molecule has 0 spiro atoms. The van der Waals surface area contributed by atoms with Crippen LogP contribution in [0.3, 0.4) is 0 Å². The summed E-state index contributed by atoms with van der Waals surface area (Å²) in [7, 11) is 0. The largest absolute Gasteiger partial charge is 0.417 e. The van der Waals surface area contributed by atoms with E-state index in [9.17, 15) is 18.0 Å². The van der Waals surface area contributed by atoms with Gasteiger partial charge in [0.05, 0.1) is 11.1 Å². The monoisotopic (exact) mass is 387 g/mol. The molecule has 7 heteroatoms. The van der Waals surface area contributed by atoms with Crippen molar-refractivity contribution in [3.63, 3.8) is 0 Å². The fourth-order valence-corrected chi connectivity index (χ4v) is 3.57. The average molecular weight is 388 g/mol. The van der Waals surface area contributed by atoms with Crippen LogP contribution in [0, 0.1) is 0 Å². The lowest BCUT2D eigenvalue weighted by Crippen LogP contribution is -2.45. The van der Waals surface area contributed by atoms with Crippen molar-refractivity contribution in [2.45, 2.75) is 31.0 Å². The van der Waals surface area contributed by atoms with Crippen LogP contribution in [0.15, 0.2) is 42.5 Å². The predicted octanol–water partition coefficient (Wildman–Crippen LogP) is 5.69. The van der Waals surface area contributed by atoms with E-state index in [4.69, 9.17) is 23.2 Å². The van der Waals surface area contributed by atoms with Gasteiger partial charge < -0.3 is 5.32 Å². The molecule has 0 aromatic heterocycles. The lowest BCUT2D eigenvalue weighted by atomic mass is 9.75. The molecule has 1 aliphatic rings. The van der Waals surface area contributed by atoms with Gasteiger partial charge in [0.25, 0.3) is 5.91 Å². The standard InChI is InChI=1S/C18H14Cl2F3NO/c19-10-5-6-11(15(20)9-10)12-7-8-16(12)24-17(25)13-3-1-2-4-14(13)18(21,22)23/h1-6,9,12,16H,7-8H2,(H,24,25)/t12-,16-/m1/s1. The van der Waals surface area contributed by atoms with E-state index in [1.807, 2.05) is 0 Å². The van der Waals surface area contributed by atoms with Crippen LogP contribution in [0.5, 0.6) is 0 Å². The van der Waals surface area contributed by atoms with E-state index in [0.717, 1.165) is 18.1 Å². The Morgan fingerprint density at radius 3 is 2.40 bits per heavy atom. The van der Waals surface area contributed by atoms with Crippen molar-refractivity contribution in [3.05, 3.63) is 69.2 Å². The molecule has 2 aromatic rings. The Kier molecular flexibility index (Phi) is 4.98. The number of carbonyl (C=O) groups excluding carboxylic acids is 1. The number of rotatable bonds is 3. The molecule has 2 nitrogen and oxygen atoms in total. The van der Waals surface area contributed by atoms with Gasteiger partial charge in [-0.2, -0.15) is 13.2 Å². The first kappa shape index (κ1) is 18.1. The minimum Gasteiger partial charge on any atom is -0.349 e. The SMILES string of the molecule is O=C(N[C@@H]1CC[C@@H]1c1ccc(Cl)cc1Cl)c1ccccc1C(F)(F)F. The van der Waals surface area contributed by atoms with Crippen LogP contribution in [0.1, 0.15) is 40.2 Å². The van der Waals surface area contributed by atoms with Crippen LogP contribution in [0.2, 0.25) is 10.0 Å². The van der Waals surface area contributed by atoms with Crippen molar-refractivity contribution < 1.29 is 18.0 Å². The zero-order valence-corrected chi connectivity index (χ0v) is 14.4. The summed E-state index contributed by atoms with van der Waals surface area (Å²) in [5.74, 6) is -0.764. The maximum absolute atomic E-state index is 13.1. The van der Waals surface area contributed by atoms with Gasteiger partial charge in [-0.1, -0.05) is 41.4 Å². The Labute approximate surface area is 152 Å². The van der Waals surface area contributed by atoms with E-state index >= 15 is 0 Å². The summed E-state index contributed by atoms with van der Waals surface area (Å²) < 4.78 is 39.2. The van der Waals surface area contributed by atoms with Gasteiger partial charge in [-0.25, -0.2) is 0 Å². The van der Waals surface area contributed by atoms with Crippen molar-refractivity contribution in [1.29, 1.82) is 0 Å². The molecule has 2 aromatic carbocycles. The summed E-state index contributed by atoms with van der Waals surface area (Å²) in [6.07, 6.45) is -3.09. The third-order valence-corrected chi connectivity index (χ3v) is 4.99. The van der Waals surface area contributed by atoms with E-state index < -0.39 is 17.6 Å². The van der Waals surface area contributed by atoms with Gasteiger partial charge >= 0.3 is 6.18 Å². The third-order valence-electron chi connectivity index (χ3n) is 4.43. The van der Waals surface area contributed by atoms with Crippen LogP contribution in [-0.2, 0) is 6.18 Å². The van der Waals surface area contributed by atoms with E-state index in [1.54, 1.807) is 18.2 Å². The highest BCUT2D eigenvalue weighted by Gasteiger charge is 2.38. The highest BCUT2D eigenvalue weighted by Crippen LogP contribution is 2.41. The number of alkyl halides is 3. The second-order valence-electron chi connectivity index (χ2n) is 5.97. The molecule has 0 radical (unpaired) electrons. The molecular formula is C18H14Cl2F3NO. The van der Waals surface area contributed by atoms with Gasteiger partial charge in [0.1, 0.15) is 0 Å². The summed E-state index contributed by atoms with van der Waals surface area (Å²) in [4.78, 5) is 12.4. The Balaban J connectivity index is 1.78. The minimum absolute atomic E-state index is 0.0354. The molecule has 0 bridgehead atoms. The number of halogens is 5. The maximum Gasteiger partial charge on any atom is 0.417 e. The minimum atomic E-state index is -4.58. The molecule has 1 N–H and O–H groups in total. The van der Waals surface area contributed by atoms with Crippen LogP contribution in [0.25, 0.3) is 0 Å². The van der Waals surface area contributed by atoms with E-state index in [1.165, 1.54) is 18.2 Å². The smallest absolute Gasteiger partial charge is 0.349 e. The zero-order valence-electron chi connectivity index (χ0n) is 12.9. The molecule has 1 saturated carbocycles. The maximum atomic E-state index is 13.1. The molecule has 132 valence electrons. The summed E-state index contributed by atoms with van der Waals surface area (Å²) in [5, 5.41) is 3.70. The van der Waals surface area contributed by atoms with Crippen molar-refractivity contribution in [3.8, 4) is 0 Å². The lowest BCUT2D eigenvalue weighted by molar-refractivity contribution is -0.137. The first-order valence-corrected chi connectivity index (χ1v) is 8.45. The molecule has 1 amide bonds. The third kappa shape index (κ3) is 3.77. The molecule has 3 rings (SSSR count). The van der Waals surface area contributed by atoms with Crippen LogP contribution in [0.4, 0.5) is 13.2 Å². The lowest BCUT2D eigenvalue weighted by Gasteiger charge is -2.38. The number of carbonyl (C=O) groups is 1. The Hall–Kier alpha value is -1.72. The molecule has 0 aliphatic heterocycles. The number of nitrogens with one attached hydrogen (secondary N) is 1. The van der Waals surface area contributed by atoms with Crippen molar-refractivity contribution in [2.24, 2.45) is 0 Å². The molecule has 1 fully saturated rings. The first-order chi connectivity index (χ1) is 11.8. The number of amides is 1. The molecular weight excluding hydrogens is 374 g/mol. The average Bonchev–Trinajstić information content (AvgIpc) is 2.53. The summed E-state index contributed by atoms with van der Waals surface area (Å²) in [6.45, 7) is 0. The fraction of sp³-hybridized carbons (Fsp3) is 0.278. The van der Waals surface area contributed by atoms with Crippen molar-refractivity contribution in [1.82, 2.24) is 5.32 Å². The zero-order chi connectivity index (χ0) is 18.2. The molecule has 25 heavy (non-hydrogen) atoms. The van der Waals surface area contributed by atoms with Gasteiger partial charge in [0.2, 0.25) is 0 Å². The van der Waals surface area contributed by atoms with Gasteiger partial charge in [0.15, 0.2) is 0 Å². The van der Waals surface area contributed by atoms with Gasteiger partial charge in [-0.05, 0) is 42.7 Å². The normalized spacial score (nSPS) is 20.0. The van der Waals surface area contributed by atoms with Crippen molar-refractivity contribution >= 4 is 29.1 Å². The van der Waals surface area contributed by atoms with E-state index in [0.29, 0.717) is 16.5 Å². The fourth-order valence-electron chi connectivity index (χ4n) is 3.02. The van der Waals surface area contributed by atoms with E-state index in [-0.39, 0.29) is 17.5 Å². The van der Waals surface area contributed by atoms with Crippen LogP contribution >= 0.6 is 23.2 Å². The van der Waals surface area contributed by atoms with E-state index in [2.05, 4.69) is 5.32 Å². The second-order valence-corrected chi connectivity index (χ2v) is 6.82. The quantitative estimate of drug-likeness (QED) is 0.719. The molecule has 1 aliphatic carbocycles. The van der Waals surface area contributed by atoms with Gasteiger partial charge in [0, 0.05) is 22.0 Å². The molecule has 0 heterocycles. The van der Waals surface area contributed by atoms with Gasteiger partial charge in [-0.3, -0.25) is 4.79 Å².